The molecule has 1 rings (SSSR count). The third-order valence-corrected chi connectivity index (χ3v) is 1.16. The number of aromatic nitrogens is 1. The molecule has 4 heteroatoms. The molecule has 57 valence electrons. The number of hydrogen-bond acceptors (Lipinski definition) is 2. The van der Waals surface area contributed by atoms with Gasteiger partial charge in [0.15, 0.2) is 0 Å². The highest BCUT2D eigenvalue weighted by atomic mass is 16.4. The van der Waals surface area contributed by atoms with Crippen LogP contribution < -0.4 is 5.32 Å². The Morgan fingerprint density at radius 2 is 2.45 bits per heavy atom. The van der Waals surface area contributed by atoms with E-state index >= 15 is 0 Å². The van der Waals surface area contributed by atoms with Gasteiger partial charge in [-0.05, 0) is 11.6 Å². The van der Waals surface area contributed by atoms with Crippen molar-refractivity contribution in [3.63, 3.8) is 0 Å². The summed E-state index contributed by atoms with van der Waals surface area (Å²) in [5.74, 6) is 0. The lowest BCUT2D eigenvalue weighted by Crippen LogP contribution is -2.18. The topological polar surface area (TPSA) is 61.9 Å². The van der Waals surface area contributed by atoms with Gasteiger partial charge in [-0.1, -0.05) is 6.07 Å². The highest BCUT2D eigenvalue weighted by molar-refractivity contribution is 5.63. The third-order valence-electron chi connectivity index (χ3n) is 1.16. The summed E-state index contributed by atoms with van der Waals surface area (Å²) >= 11 is 0. The molecule has 0 unspecified atom stereocenters. The molecular weight excluding hydrogens is 144 g/mol. The Morgan fingerprint density at radius 1 is 1.64 bits per heavy atom. The second kappa shape index (κ2) is 3.55. The monoisotopic (exact) mass is 151 g/mol. The predicted molar refractivity (Wildman–Crippen MR) is 37.2 cm³/mol. The number of rotatable bonds is 2. The van der Waals surface area contributed by atoms with Gasteiger partial charge in [0.2, 0.25) is 0 Å². The van der Waals surface area contributed by atoms with E-state index in [1.165, 1.54) is 0 Å². The number of amides is 1. The van der Waals surface area contributed by atoms with E-state index in [0.717, 1.165) is 5.56 Å². The van der Waals surface area contributed by atoms with Gasteiger partial charge in [0.1, 0.15) is 0 Å². The van der Waals surface area contributed by atoms with E-state index < -0.39 is 6.09 Å². The first-order valence-corrected chi connectivity index (χ1v) is 3.13. The molecule has 0 aliphatic heterocycles. The summed E-state index contributed by atoms with van der Waals surface area (Å²) in [6.07, 6.45) is 1.95. The van der Waals surface area contributed by atoms with Crippen LogP contribution in [0.5, 0.6) is 0 Å². The fourth-order valence-corrected chi connectivity index (χ4v) is 0.677. The minimum Gasteiger partial charge on any atom is -0.314 e. The molecule has 1 N–H and O–H groups in total. The van der Waals surface area contributed by atoms with Crippen molar-refractivity contribution in [1.82, 2.24) is 10.3 Å². The summed E-state index contributed by atoms with van der Waals surface area (Å²) < 4.78 is 0. The standard InChI is InChI=1S/C7H7N2O2/c10-7(11)9-5-6-2-1-3-8-4-6/h1-4,9H,5H2. The zero-order chi connectivity index (χ0) is 8.10. The van der Waals surface area contributed by atoms with Crippen LogP contribution in [0.1, 0.15) is 5.56 Å². The van der Waals surface area contributed by atoms with Crippen LogP contribution in [-0.4, -0.2) is 11.1 Å². The van der Waals surface area contributed by atoms with E-state index in [1.54, 1.807) is 24.5 Å². The van der Waals surface area contributed by atoms with E-state index in [0.29, 0.717) is 0 Å². The van der Waals surface area contributed by atoms with Gasteiger partial charge < -0.3 is 5.32 Å². The van der Waals surface area contributed by atoms with Crippen molar-refractivity contribution in [3.05, 3.63) is 30.1 Å². The second-order valence-electron chi connectivity index (χ2n) is 2.00. The van der Waals surface area contributed by atoms with Crippen LogP contribution in [0.15, 0.2) is 24.5 Å². The molecule has 4 nitrogen and oxygen atoms in total. The average molecular weight is 151 g/mol. The molecule has 0 bridgehead atoms. The Hall–Kier alpha value is -1.58. The lowest BCUT2D eigenvalue weighted by molar-refractivity contribution is 0.168. The molecule has 0 aliphatic carbocycles. The largest absolute Gasteiger partial charge is 0.450 e. The molecule has 0 aromatic carbocycles. The van der Waals surface area contributed by atoms with Crippen LogP contribution in [0.25, 0.3) is 0 Å². The van der Waals surface area contributed by atoms with Crippen LogP contribution in [0.2, 0.25) is 0 Å². The third kappa shape index (κ3) is 2.66. The smallest absolute Gasteiger partial charge is 0.314 e. The van der Waals surface area contributed by atoms with Crippen molar-refractivity contribution in [2.75, 3.05) is 0 Å². The Kier molecular flexibility index (Phi) is 2.43. The average Bonchev–Trinajstić information content (AvgIpc) is 2.03. The summed E-state index contributed by atoms with van der Waals surface area (Å²) in [6, 6.07) is 3.52. The van der Waals surface area contributed by atoms with E-state index in [-0.39, 0.29) is 6.54 Å². The van der Waals surface area contributed by atoms with E-state index in [4.69, 9.17) is 0 Å². The number of carbonyl (C=O) groups excluding carboxylic acids is 1. The Morgan fingerprint density at radius 3 is 3.00 bits per heavy atom. The molecule has 11 heavy (non-hydrogen) atoms. The van der Waals surface area contributed by atoms with Crippen LogP contribution in [0.4, 0.5) is 4.79 Å². The van der Waals surface area contributed by atoms with Gasteiger partial charge in [-0.2, -0.15) is 0 Å². The van der Waals surface area contributed by atoms with Gasteiger partial charge in [0, 0.05) is 18.9 Å². The molecule has 0 saturated heterocycles. The van der Waals surface area contributed by atoms with Crippen LogP contribution in [0.3, 0.4) is 0 Å². The normalized spacial score (nSPS) is 9.09. The number of pyridine rings is 1. The first-order chi connectivity index (χ1) is 5.29. The number of carbonyl (C=O) groups is 1. The Bertz CT molecular complexity index is 235. The van der Waals surface area contributed by atoms with Crippen molar-refractivity contribution in [2.24, 2.45) is 0 Å². The first kappa shape index (κ1) is 7.53. The SMILES string of the molecule is [O]C(=O)NCc1cccnc1. The molecule has 0 atom stereocenters. The number of nitrogens with one attached hydrogen (secondary N) is 1. The summed E-state index contributed by atoms with van der Waals surface area (Å²) in [6.45, 7) is 0.246. The highest BCUT2D eigenvalue weighted by Gasteiger charge is 1.96. The van der Waals surface area contributed by atoms with Gasteiger partial charge in [-0.15, -0.1) is 0 Å². The first-order valence-electron chi connectivity index (χ1n) is 3.13. The molecule has 0 spiro atoms. The molecule has 0 aliphatic rings. The molecule has 1 radical (unpaired) electrons. The van der Waals surface area contributed by atoms with Crippen LogP contribution >= 0.6 is 0 Å². The lowest BCUT2D eigenvalue weighted by Gasteiger charge is -1.96. The maximum atomic E-state index is 9.93. The zero-order valence-electron chi connectivity index (χ0n) is 5.78. The molecule has 0 fully saturated rings. The van der Waals surface area contributed by atoms with Crippen LogP contribution in [0, 0.1) is 0 Å². The summed E-state index contributed by atoms with van der Waals surface area (Å²) in [7, 11) is 0. The van der Waals surface area contributed by atoms with Crippen molar-refractivity contribution in [3.8, 4) is 0 Å². The maximum Gasteiger partial charge on any atom is 0.450 e. The predicted octanol–water partition coefficient (Wildman–Crippen LogP) is 0.722. The lowest BCUT2D eigenvalue weighted by atomic mass is 10.3. The minimum atomic E-state index is -1.27. The van der Waals surface area contributed by atoms with Gasteiger partial charge in [0.05, 0.1) is 0 Å². The van der Waals surface area contributed by atoms with Crippen molar-refractivity contribution in [2.45, 2.75) is 6.54 Å². The van der Waals surface area contributed by atoms with Crippen molar-refractivity contribution < 1.29 is 9.90 Å². The maximum absolute atomic E-state index is 9.93. The number of hydrogen-bond donors (Lipinski definition) is 1. The molecule has 0 saturated carbocycles. The molecule has 1 heterocycles. The van der Waals surface area contributed by atoms with Crippen LogP contribution in [-0.2, 0) is 11.7 Å². The van der Waals surface area contributed by atoms with Gasteiger partial charge in [-0.25, -0.2) is 9.90 Å². The fourth-order valence-electron chi connectivity index (χ4n) is 0.677. The molecule has 1 amide bonds. The summed E-state index contributed by atoms with van der Waals surface area (Å²) in [5, 5.41) is 12.1. The quantitative estimate of drug-likeness (QED) is 0.676. The van der Waals surface area contributed by atoms with Gasteiger partial charge >= 0.3 is 6.09 Å². The van der Waals surface area contributed by atoms with E-state index in [1.807, 2.05) is 0 Å². The fraction of sp³-hybridized carbons (Fsp3) is 0.143. The van der Waals surface area contributed by atoms with Crippen molar-refractivity contribution >= 4 is 6.09 Å². The van der Waals surface area contributed by atoms with Gasteiger partial charge in [-0.3, -0.25) is 4.98 Å². The summed E-state index contributed by atoms with van der Waals surface area (Å²) in [4.78, 5) is 13.7. The number of nitrogens with zero attached hydrogens (tertiary/aromatic N) is 1. The van der Waals surface area contributed by atoms with E-state index in [2.05, 4.69) is 10.3 Å². The van der Waals surface area contributed by atoms with Gasteiger partial charge in [0.25, 0.3) is 0 Å². The highest BCUT2D eigenvalue weighted by Crippen LogP contribution is 1.93. The summed E-state index contributed by atoms with van der Waals surface area (Å²) in [5.41, 5.74) is 0.816. The molecular formula is C7H7N2O2. The Balaban J connectivity index is 2.45. The van der Waals surface area contributed by atoms with E-state index in [9.17, 15) is 9.90 Å². The van der Waals surface area contributed by atoms with Crippen molar-refractivity contribution in [1.29, 1.82) is 0 Å². The molecule has 1 aromatic rings. The minimum absolute atomic E-state index is 0.246. The molecule has 1 aromatic heterocycles. The second-order valence-corrected chi connectivity index (χ2v) is 2.00. The Labute approximate surface area is 63.9 Å². The zero-order valence-corrected chi connectivity index (χ0v) is 5.78.